The average molecular weight is 372 g/mol. The minimum absolute atomic E-state index is 0.0672. The van der Waals surface area contributed by atoms with Crippen molar-refractivity contribution in [3.8, 4) is 5.75 Å². The summed E-state index contributed by atoms with van der Waals surface area (Å²) in [5, 5.41) is 2.85. The van der Waals surface area contributed by atoms with Gasteiger partial charge in [0.15, 0.2) is 6.61 Å². The third kappa shape index (κ3) is 5.30. The molecule has 4 heteroatoms. The fourth-order valence-electron chi connectivity index (χ4n) is 2.78. The summed E-state index contributed by atoms with van der Waals surface area (Å²) in [6.07, 6.45) is 1.77. The number of hydrogen-bond donors (Lipinski definition) is 1. The van der Waals surface area contributed by atoms with Crippen LogP contribution in [0.4, 0.5) is 11.4 Å². The first kappa shape index (κ1) is 19.4. The van der Waals surface area contributed by atoms with Gasteiger partial charge in [0.2, 0.25) is 0 Å². The van der Waals surface area contributed by atoms with Gasteiger partial charge < -0.3 is 10.1 Å². The number of amides is 1. The van der Waals surface area contributed by atoms with E-state index in [4.69, 9.17) is 4.74 Å². The van der Waals surface area contributed by atoms with Crippen LogP contribution in [0.3, 0.4) is 0 Å². The van der Waals surface area contributed by atoms with Crippen molar-refractivity contribution >= 4 is 23.5 Å². The summed E-state index contributed by atoms with van der Waals surface area (Å²) >= 11 is 0. The van der Waals surface area contributed by atoms with Gasteiger partial charge in [-0.25, -0.2) is 0 Å². The Morgan fingerprint density at radius 3 is 2.57 bits per heavy atom. The zero-order valence-corrected chi connectivity index (χ0v) is 16.4. The lowest BCUT2D eigenvalue weighted by Gasteiger charge is -2.10. The van der Waals surface area contributed by atoms with Crippen molar-refractivity contribution in [1.82, 2.24) is 0 Å². The van der Waals surface area contributed by atoms with E-state index in [1.807, 2.05) is 75.4 Å². The summed E-state index contributed by atoms with van der Waals surface area (Å²) in [6.45, 7) is 5.99. The van der Waals surface area contributed by atoms with Crippen molar-refractivity contribution < 1.29 is 9.53 Å². The second-order valence-electron chi connectivity index (χ2n) is 6.79. The SMILES string of the molecule is Cc1cccc(NC(=O)COc2ccccc2C=Nc2cc(C)ccc2C)c1. The van der Waals surface area contributed by atoms with E-state index in [1.54, 1.807) is 6.21 Å². The van der Waals surface area contributed by atoms with Gasteiger partial charge in [-0.2, -0.15) is 0 Å². The van der Waals surface area contributed by atoms with Crippen LogP contribution < -0.4 is 10.1 Å². The third-order valence-corrected chi connectivity index (χ3v) is 4.29. The van der Waals surface area contributed by atoms with E-state index in [0.717, 1.165) is 33.6 Å². The summed E-state index contributed by atoms with van der Waals surface area (Å²) in [4.78, 5) is 16.8. The molecule has 3 aromatic carbocycles. The van der Waals surface area contributed by atoms with Crippen molar-refractivity contribution in [3.63, 3.8) is 0 Å². The topological polar surface area (TPSA) is 50.7 Å². The fraction of sp³-hybridized carbons (Fsp3) is 0.167. The van der Waals surface area contributed by atoms with Crippen LogP contribution in [0.15, 0.2) is 71.7 Å². The Hall–Kier alpha value is -3.40. The van der Waals surface area contributed by atoms with E-state index < -0.39 is 0 Å². The molecule has 0 saturated carbocycles. The summed E-state index contributed by atoms with van der Waals surface area (Å²) in [7, 11) is 0. The number of nitrogens with zero attached hydrogens (tertiary/aromatic N) is 1. The number of carbonyl (C=O) groups excluding carboxylic acids is 1. The van der Waals surface area contributed by atoms with Crippen molar-refractivity contribution in [2.24, 2.45) is 4.99 Å². The van der Waals surface area contributed by atoms with Gasteiger partial charge in [0.05, 0.1) is 5.69 Å². The molecule has 3 rings (SSSR count). The quantitative estimate of drug-likeness (QED) is 0.591. The monoisotopic (exact) mass is 372 g/mol. The molecule has 4 nitrogen and oxygen atoms in total. The highest BCUT2D eigenvalue weighted by molar-refractivity contribution is 5.92. The number of ether oxygens (including phenoxy) is 1. The Morgan fingerprint density at radius 1 is 0.964 bits per heavy atom. The van der Waals surface area contributed by atoms with Gasteiger partial charge in [0.1, 0.15) is 5.75 Å². The molecule has 0 aromatic heterocycles. The van der Waals surface area contributed by atoms with E-state index in [9.17, 15) is 4.79 Å². The van der Waals surface area contributed by atoms with Crippen molar-refractivity contribution in [2.45, 2.75) is 20.8 Å². The van der Waals surface area contributed by atoms with Gasteiger partial charge in [-0.15, -0.1) is 0 Å². The van der Waals surface area contributed by atoms with Crippen LogP contribution in [0, 0.1) is 20.8 Å². The molecule has 1 N–H and O–H groups in total. The number of anilines is 1. The molecular formula is C24H24N2O2. The van der Waals surface area contributed by atoms with Crippen molar-refractivity contribution in [1.29, 1.82) is 0 Å². The highest BCUT2D eigenvalue weighted by Crippen LogP contribution is 2.22. The highest BCUT2D eigenvalue weighted by atomic mass is 16.5. The van der Waals surface area contributed by atoms with E-state index in [0.29, 0.717) is 5.75 Å². The van der Waals surface area contributed by atoms with Crippen LogP contribution in [-0.4, -0.2) is 18.7 Å². The molecule has 0 bridgehead atoms. The minimum atomic E-state index is -0.202. The number of carbonyl (C=O) groups is 1. The molecule has 0 aliphatic carbocycles. The summed E-state index contributed by atoms with van der Waals surface area (Å²) < 4.78 is 5.74. The first-order valence-corrected chi connectivity index (χ1v) is 9.21. The Balaban J connectivity index is 1.67. The Bertz CT molecular complexity index is 1010. The van der Waals surface area contributed by atoms with Crippen molar-refractivity contribution in [2.75, 3.05) is 11.9 Å². The first-order chi connectivity index (χ1) is 13.5. The lowest BCUT2D eigenvalue weighted by atomic mass is 10.1. The molecule has 0 unspecified atom stereocenters. The number of nitrogens with one attached hydrogen (secondary N) is 1. The maximum Gasteiger partial charge on any atom is 0.262 e. The molecule has 0 aliphatic rings. The van der Waals surface area contributed by atoms with Crippen LogP contribution in [0.1, 0.15) is 22.3 Å². The number of aliphatic imine (C=N–C) groups is 1. The lowest BCUT2D eigenvalue weighted by Crippen LogP contribution is -2.20. The molecule has 142 valence electrons. The zero-order valence-electron chi connectivity index (χ0n) is 16.4. The van der Waals surface area contributed by atoms with Gasteiger partial charge in [0, 0.05) is 17.5 Å². The van der Waals surface area contributed by atoms with E-state index in [-0.39, 0.29) is 12.5 Å². The molecule has 1 amide bonds. The fourth-order valence-corrected chi connectivity index (χ4v) is 2.78. The smallest absolute Gasteiger partial charge is 0.262 e. The molecule has 0 atom stereocenters. The maximum atomic E-state index is 12.2. The minimum Gasteiger partial charge on any atom is -0.483 e. The standard InChI is InChI=1S/C24H24N2O2/c1-17-7-6-9-21(13-17)26-24(27)16-28-23-10-5-4-8-20(23)15-25-22-14-18(2)11-12-19(22)3/h4-15H,16H2,1-3H3,(H,26,27). The molecule has 0 fully saturated rings. The normalized spacial score (nSPS) is 10.8. The van der Waals surface area contributed by atoms with Crippen LogP contribution >= 0.6 is 0 Å². The second kappa shape index (κ2) is 9.00. The Morgan fingerprint density at radius 2 is 1.75 bits per heavy atom. The van der Waals surface area contributed by atoms with Crippen LogP contribution in [-0.2, 0) is 4.79 Å². The number of hydrogen-bond acceptors (Lipinski definition) is 3. The highest BCUT2D eigenvalue weighted by Gasteiger charge is 2.07. The van der Waals surface area contributed by atoms with Gasteiger partial charge in [-0.3, -0.25) is 9.79 Å². The number of para-hydroxylation sites is 1. The van der Waals surface area contributed by atoms with Gasteiger partial charge in [-0.05, 0) is 67.8 Å². The molecule has 0 spiro atoms. The summed E-state index contributed by atoms with van der Waals surface area (Å²) in [6, 6.07) is 21.4. The number of rotatable bonds is 6. The van der Waals surface area contributed by atoms with Gasteiger partial charge >= 0.3 is 0 Å². The molecule has 0 heterocycles. The molecule has 0 saturated heterocycles. The molecule has 3 aromatic rings. The zero-order chi connectivity index (χ0) is 19.9. The van der Waals surface area contributed by atoms with Crippen LogP contribution in [0.5, 0.6) is 5.75 Å². The Kier molecular flexibility index (Phi) is 6.22. The van der Waals surface area contributed by atoms with Crippen LogP contribution in [0.2, 0.25) is 0 Å². The molecule has 28 heavy (non-hydrogen) atoms. The summed E-state index contributed by atoms with van der Waals surface area (Å²) in [5.74, 6) is 0.419. The first-order valence-electron chi connectivity index (χ1n) is 9.21. The predicted molar refractivity (Wildman–Crippen MR) is 115 cm³/mol. The van der Waals surface area contributed by atoms with E-state index in [1.165, 1.54) is 0 Å². The average Bonchev–Trinajstić information content (AvgIpc) is 2.68. The molecular weight excluding hydrogens is 348 g/mol. The molecule has 0 aliphatic heterocycles. The number of aryl methyl sites for hydroxylation is 3. The number of benzene rings is 3. The van der Waals surface area contributed by atoms with Gasteiger partial charge in [0.25, 0.3) is 5.91 Å². The van der Waals surface area contributed by atoms with E-state index in [2.05, 4.69) is 22.4 Å². The molecule has 0 radical (unpaired) electrons. The predicted octanol–water partition coefficient (Wildman–Crippen LogP) is 5.38. The maximum absolute atomic E-state index is 12.2. The second-order valence-corrected chi connectivity index (χ2v) is 6.79. The largest absolute Gasteiger partial charge is 0.483 e. The lowest BCUT2D eigenvalue weighted by molar-refractivity contribution is -0.118. The van der Waals surface area contributed by atoms with Crippen molar-refractivity contribution in [3.05, 3.63) is 89.0 Å². The van der Waals surface area contributed by atoms with Crippen LogP contribution in [0.25, 0.3) is 0 Å². The van der Waals surface area contributed by atoms with E-state index >= 15 is 0 Å². The Labute approximate surface area is 165 Å². The third-order valence-electron chi connectivity index (χ3n) is 4.29. The van der Waals surface area contributed by atoms with Gasteiger partial charge in [-0.1, -0.05) is 36.4 Å². The summed E-state index contributed by atoms with van der Waals surface area (Å²) in [5.41, 5.74) is 5.87.